The average molecular weight is 275 g/mol. The minimum Gasteiger partial charge on any atom is -0.377 e. The Morgan fingerprint density at radius 2 is 1.89 bits per heavy atom. The molecule has 2 N–H and O–H groups in total. The molecule has 18 heavy (non-hydrogen) atoms. The zero-order valence-electron chi connectivity index (χ0n) is 11.4. The second kappa shape index (κ2) is 4.76. The van der Waals surface area contributed by atoms with Crippen LogP contribution in [0.2, 0.25) is 0 Å². The number of nitrogens with two attached hydrogens (primary N) is 1. The van der Waals surface area contributed by atoms with E-state index in [1.54, 1.807) is 0 Å². The normalized spacial score (nSPS) is 36.7. The van der Waals surface area contributed by atoms with Crippen LogP contribution in [0.4, 0.5) is 0 Å². The van der Waals surface area contributed by atoms with Gasteiger partial charge >= 0.3 is 0 Å². The van der Waals surface area contributed by atoms with Crippen molar-refractivity contribution in [2.75, 3.05) is 12.4 Å². The van der Waals surface area contributed by atoms with Crippen molar-refractivity contribution in [3.63, 3.8) is 0 Å². The standard InChI is InChI=1S/C13H25NO3S/c1-12(2)4-3-5-13(7-6-12)8-9-17-11(13)10-18(14,15)16/h11H,3-10H2,1-2H3,(H2,14,15,16). The first kappa shape index (κ1) is 14.3. The third-order valence-corrected chi connectivity index (χ3v) is 5.58. The highest BCUT2D eigenvalue weighted by atomic mass is 32.2. The third kappa shape index (κ3) is 3.25. The van der Waals surface area contributed by atoms with Gasteiger partial charge in [0.1, 0.15) is 0 Å². The average Bonchev–Trinajstić information content (AvgIpc) is 2.48. The Labute approximate surface area is 110 Å². The second-order valence-corrected chi connectivity index (χ2v) is 8.48. The molecule has 4 nitrogen and oxygen atoms in total. The monoisotopic (exact) mass is 275 g/mol. The summed E-state index contributed by atoms with van der Waals surface area (Å²) in [6.45, 7) is 5.29. The van der Waals surface area contributed by atoms with Crippen LogP contribution < -0.4 is 5.14 Å². The zero-order chi connectivity index (χ0) is 13.4. The summed E-state index contributed by atoms with van der Waals surface area (Å²) in [7, 11) is -3.45. The lowest BCUT2D eigenvalue weighted by atomic mass is 9.74. The highest BCUT2D eigenvalue weighted by Gasteiger charge is 2.46. The minimum absolute atomic E-state index is 0.0204. The van der Waals surface area contributed by atoms with Crippen molar-refractivity contribution in [3.05, 3.63) is 0 Å². The summed E-state index contributed by atoms with van der Waals surface area (Å²) in [5.41, 5.74) is 0.429. The van der Waals surface area contributed by atoms with E-state index in [0.717, 1.165) is 32.1 Å². The van der Waals surface area contributed by atoms with Crippen LogP contribution in [0.5, 0.6) is 0 Å². The molecule has 0 radical (unpaired) electrons. The molecule has 2 rings (SSSR count). The molecule has 1 saturated heterocycles. The number of hydrogen-bond acceptors (Lipinski definition) is 3. The number of hydrogen-bond donors (Lipinski definition) is 1. The van der Waals surface area contributed by atoms with Gasteiger partial charge in [-0.3, -0.25) is 0 Å². The predicted molar refractivity (Wildman–Crippen MR) is 71.6 cm³/mol. The molecule has 0 bridgehead atoms. The molecule has 106 valence electrons. The molecule has 1 aliphatic heterocycles. The zero-order valence-corrected chi connectivity index (χ0v) is 12.3. The van der Waals surface area contributed by atoms with Gasteiger partial charge in [0.2, 0.25) is 10.0 Å². The van der Waals surface area contributed by atoms with Gasteiger partial charge < -0.3 is 4.74 Å². The van der Waals surface area contributed by atoms with Crippen molar-refractivity contribution < 1.29 is 13.2 Å². The maximum absolute atomic E-state index is 11.3. The summed E-state index contributed by atoms with van der Waals surface area (Å²) < 4.78 is 28.3. The Kier molecular flexibility index (Phi) is 3.78. The lowest BCUT2D eigenvalue weighted by Crippen LogP contribution is -2.38. The molecule has 0 aromatic rings. The van der Waals surface area contributed by atoms with Crippen LogP contribution >= 0.6 is 0 Å². The molecule has 1 heterocycles. The first-order valence-electron chi connectivity index (χ1n) is 6.85. The molecule has 1 saturated carbocycles. The van der Waals surface area contributed by atoms with E-state index in [0.29, 0.717) is 12.0 Å². The predicted octanol–water partition coefficient (Wildman–Crippen LogP) is 2.04. The van der Waals surface area contributed by atoms with Crippen LogP contribution in [-0.2, 0) is 14.8 Å². The SMILES string of the molecule is CC1(C)CCCC2(CCOC2CS(N)(=O)=O)CC1. The molecular formula is C13H25NO3S. The fourth-order valence-electron chi connectivity index (χ4n) is 3.51. The lowest BCUT2D eigenvalue weighted by Gasteiger charge is -2.33. The van der Waals surface area contributed by atoms with Gasteiger partial charge in [-0.2, -0.15) is 0 Å². The Bertz CT molecular complexity index is 404. The molecule has 2 atom stereocenters. The quantitative estimate of drug-likeness (QED) is 0.838. The number of ether oxygens (including phenoxy) is 1. The summed E-state index contributed by atoms with van der Waals surface area (Å²) in [5.74, 6) is -0.0204. The summed E-state index contributed by atoms with van der Waals surface area (Å²) in [6.07, 6.45) is 6.48. The maximum Gasteiger partial charge on any atom is 0.211 e. The molecule has 2 fully saturated rings. The van der Waals surface area contributed by atoms with Gasteiger partial charge in [0.05, 0.1) is 11.9 Å². The molecule has 2 aliphatic rings. The fourth-order valence-corrected chi connectivity index (χ4v) is 4.38. The van der Waals surface area contributed by atoms with Crippen molar-refractivity contribution in [2.45, 2.75) is 58.5 Å². The molecule has 1 spiro atoms. The lowest BCUT2D eigenvalue weighted by molar-refractivity contribution is 0.0560. The number of rotatable bonds is 2. The van der Waals surface area contributed by atoms with E-state index in [2.05, 4.69) is 13.8 Å². The van der Waals surface area contributed by atoms with Gasteiger partial charge in [0, 0.05) is 6.61 Å². The Balaban J connectivity index is 2.13. The van der Waals surface area contributed by atoms with Crippen molar-refractivity contribution in [1.82, 2.24) is 0 Å². The van der Waals surface area contributed by atoms with Crippen molar-refractivity contribution in [1.29, 1.82) is 0 Å². The Morgan fingerprint density at radius 1 is 1.17 bits per heavy atom. The molecule has 0 amide bonds. The topological polar surface area (TPSA) is 69.4 Å². The van der Waals surface area contributed by atoms with Crippen LogP contribution in [0.1, 0.15) is 52.4 Å². The van der Waals surface area contributed by atoms with E-state index in [1.807, 2.05) is 0 Å². The molecule has 0 aromatic heterocycles. The first-order valence-corrected chi connectivity index (χ1v) is 8.56. The van der Waals surface area contributed by atoms with E-state index >= 15 is 0 Å². The van der Waals surface area contributed by atoms with E-state index in [4.69, 9.17) is 9.88 Å². The van der Waals surface area contributed by atoms with E-state index < -0.39 is 10.0 Å². The van der Waals surface area contributed by atoms with Gasteiger partial charge in [-0.15, -0.1) is 0 Å². The maximum atomic E-state index is 11.3. The van der Waals surface area contributed by atoms with Crippen LogP contribution in [0.25, 0.3) is 0 Å². The van der Waals surface area contributed by atoms with Crippen molar-refractivity contribution in [3.8, 4) is 0 Å². The largest absolute Gasteiger partial charge is 0.377 e. The molecule has 1 aliphatic carbocycles. The smallest absolute Gasteiger partial charge is 0.211 e. The second-order valence-electron chi connectivity index (χ2n) is 6.82. The van der Waals surface area contributed by atoms with Gasteiger partial charge in [-0.25, -0.2) is 13.6 Å². The van der Waals surface area contributed by atoms with Gasteiger partial charge in [0.25, 0.3) is 0 Å². The van der Waals surface area contributed by atoms with Crippen LogP contribution in [0, 0.1) is 10.8 Å². The van der Waals surface area contributed by atoms with Crippen LogP contribution in [0.15, 0.2) is 0 Å². The van der Waals surface area contributed by atoms with Gasteiger partial charge in [-0.05, 0) is 42.9 Å². The minimum atomic E-state index is -3.45. The van der Waals surface area contributed by atoms with Crippen molar-refractivity contribution >= 4 is 10.0 Å². The third-order valence-electron chi connectivity index (χ3n) is 4.81. The van der Waals surface area contributed by atoms with E-state index in [1.165, 1.54) is 6.42 Å². The molecule has 5 heteroatoms. The molecule has 0 aromatic carbocycles. The summed E-state index contributed by atoms with van der Waals surface area (Å²) in [4.78, 5) is 0. The molecule has 2 unspecified atom stereocenters. The van der Waals surface area contributed by atoms with E-state index in [9.17, 15) is 8.42 Å². The highest BCUT2D eigenvalue weighted by molar-refractivity contribution is 7.89. The van der Waals surface area contributed by atoms with E-state index in [-0.39, 0.29) is 17.3 Å². The number of sulfonamides is 1. The van der Waals surface area contributed by atoms with Crippen molar-refractivity contribution in [2.24, 2.45) is 16.0 Å². The summed E-state index contributed by atoms with van der Waals surface area (Å²) in [5, 5.41) is 5.19. The van der Waals surface area contributed by atoms with Crippen LogP contribution in [0.3, 0.4) is 0 Å². The van der Waals surface area contributed by atoms with Gasteiger partial charge in [-0.1, -0.05) is 20.3 Å². The molecular weight excluding hydrogens is 250 g/mol. The Morgan fingerprint density at radius 3 is 2.56 bits per heavy atom. The Hall–Kier alpha value is -0.130. The highest BCUT2D eigenvalue weighted by Crippen LogP contribution is 2.50. The fraction of sp³-hybridized carbons (Fsp3) is 1.00. The van der Waals surface area contributed by atoms with Crippen LogP contribution in [-0.4, -0.2) is 26.9 Å². The summed E-state index contributed by atoms with van der Waals surface area (Å²) >= 11 is 0. The van der Waals surface area contributed by atoms with Gasteiger partial charge in [0.15, 0.2) is 0 Å². The summed E-state index contributed by atoms with van der Waals surface area (Å²) in [6, 6.07) is 0. The first-order chi connectivity index (χ1) is 8.23. The number of primary sulfonamides is 1.